The van der Waals surface area contributed by atoms with Gasteiger partial charge in [0.25, 0.3) is 0 Å². The third-order valence-electron chi connectivity index (χ3n) is 3.18. The second kappa shape index (κ2) is 7.74. The van der Waals surface area contributed by atoms with Crippen LogP contribution in [0.5, 0.6) is 5.75 Å². The quantitative estimate of drug-likeness (QED) is 0.692. The Hall–Kier alpha value is -1.15. The Morgan fingerprint density at radius 3 is 2.71 bits per heavy atom. The van der Waals surface area contributed by atoms with Gasteiger partial charge in [0, 0.05) is 19.2 Å². The fourth-order valence-corrected chi connectivity index (χ4v) is 3.30. The van der Waals surface area contributed by atoms with Crippen molar-refractivity contribution in [1.82, 2.24) is 10.0 Å². The fourth-order valence-electron chi connectivity index (χ4n) is 2.05. The van der Waals surface area contributed by atoms with Gasteiger partial charge in [-0.1, -0.05) is 6.92 Å². The summed E-state index contributed by atoms with van der Waals surface area (Å²) in [4.78, 5) is 0.244. The monoisotopic (exact) mass is 314 g/mol. The van der Waals surface area contributed by atoms with Gasteiger partial charge in [0.2, 0.25) is 10.0 Å². The molecule has 118 valence electrons. The fraction of sp³-hybridized carbons (Fsp3) is 0.571. The highest BCUT2D eigenvalue weighted by molar-refractivity contribution is 7.89. The molecule has 2 N–H and O–H groups in total. The Labute approximate surface area is 125 Å². The summed E-state index contributed by atoms with van der Waals surface area (Å²) >= 11 is 0. The smallest absolute Gasteiger partial charge is 0.240 e. The molecule has 0 aromatic heterocycles. The highest BCUT2D eigenvalue weighted by atomic mass is 32.2. The van der Waals surface area contributed by atoms with Gasteiger partial charge in [-0.25, -0.2) is 13.1 Å². The number of hydrogen-bond donors (Lipinski definition) is 2. The first-order chi connectivity index (χ1) is 10.1. The highest BCUT2D eigenvalue weighted by Crippen LogP contribution is 2.17. The van der Waals surface area contributed by atoms with Crippen molar-refractivity contribution in [1.29, 1.82) is 0 Å². The minimum Gasteiger partial charge on any atom is -0.492 e. The summed E-state index contributed by atoms with van der Waals surface area (Å²) in [5, 5.41) is 3.15. The lowest BCUT2D eigenvalue weighted by Gasteiger charge is -2.12. The number of likely N-dealkylation sites (N-methyl/N-ethyl adjacent to an activating group) is 1. The number of nitrogens with one attached hydrogen (secondary N) is 2. The standard InChI is InChI=1S/C14H22N2O4S/c1-2-15-8-10-20-13-3-5-14(6-4-13)21(17,18)16-12-7-9-19-11-12/h3-6,12,15-16H,2,7-11H2,1H3. The van der Waals surface area contributed by atoms with Crippen LogP contribution < -0.4 is 14.8 Å². The van der Waals surface area contributed by atoms with Crippen LogP contribution in [0.15, 0.2) is 29.2 Å². The number of hydrogen-bond acceptors (Lipinski definition) is 5. The maximum atomic E-state index is 12.2. The third kappa shape index (κ3) is 4.96. The van der Waals surface area contributed by atoms with Crippen molar-refractivity contribution < 1.29 is 17.9 Å². The first kappa shape index (κ1) is 16.2. The topological polar surface area (TPSA) is 76.7 Å². The SMILES string of the molecule is CCNCCOc1ccc(S(=O)(=O)NC2CCOC2)cc1. The van der Waals surface area contributed by atoms with Crippen molar-refractivity contribution in [2.45, 2.75) is 24.3 Å². The zero-order chi connectivity index (χ0) is 15.1. The lowest BCUT2D eigenvalue weighted by molar-refractivity contribution is 0.192. The van der Waals surface area contributed by atoms with Crippen LogP contribution in [0.2, 0.25) is 0 Å². The van der Waals surface area contributed by atoms with E-state index in [-0.39, 0.29) is 10.9 Å². The van der Waals surface area contributed by atoms with Crippen molar-refractivity contribution in [2.24, 2.45) is 0 Å². The number of benzene rings is 1. The Bertz CT molecular complexity index is 524. The average Bonchev–Trinajstić information content (AvgIpc) is 2.96. The maximum absolute atomic E-state index is 12.2. The van der Waals surface area contributed by atoms with E-state index >= 15 is 0 Å². The van der Waals surface area contributed by atoms with Gasteiger partial charge in [-0.05, 0) is 37.2 Å². The van der Waals surface area contributed by atoms with Crippen LogP contribution >= 0.6 is 0 Å². The van der Waals surface area contributed by atoms with E-state index in [1.165, 1.54) is 0 Å². The molecule has 7 heteroatoms. The Kier molecular flexibility index (Phi) is 5.98. The molecule has 1 saturated heterocycles. The summed E-state index contributed by atoms with van der Waals surface area (Å²) in [7, 11) is -3.49. The minimum absolute atomic E-state index is 0.133. The first-order valence-corrected chi connectivity index (χ1v) is 8.64. The van der Waals surface area contributed by atoms with Gasteiger partial charge in [-0.15, -0.1) is 0 Å². The van der Waals surface area contributed by atoms with E-state index in [9.17, 15) is 8.42 Å². The summed E-state index contributed by atoms with van der Waals surface area (Å²) in [5.74, 6) is 0.663. The molecule has 0 bridgehead atoms. The predicted molar refractivity (Wildman–Crippen MR) is 80.0 cm³/mol. The molecule has 1 aromatic rings. The van der Waals surface area contributed by atoms with E-state index in [0.717, 1.165) is 13.1 Å². The highest BCUT2D eigenvalue weighted by Gasteiger charge is 2.23. The first-order valence-electron chi connectivity index (χ1n) is 7.15. The molecule has 2 rings (SSSR count). The van der Waals surface area contributed by atoms with Crippen LogP contribution in [-0.4, -0.2) is 47.4 Å². The molecule has 1 fully saturated rings. The largest absolute Gasteiger partial charge is 0.492 e. The van der Waals surface area contributed by atoms with E-state index in [2.05, 4.69) is 10.0 Å². The molecular weight excluding hydrogens is 292 g/mol. The zero-order valence-electron chi connectivity index (χ0n) is 12.2. The van der Waals surface area contributed by atoms with E-state index in [4.69, 9.17) is 9.47 Å². The third-order valence-corrected chi connectivity index (χ3v) is 4.72. The van der Waals surface area contributed by atoms with Crippen molar-refractivity contribution in [2.75, 3.05) is 32.9 Å². The van der Waals surface area contributed by atoms with Crippen LogP contribution in [0.1, 0.15) is 13.3 Å². The summed E-state index contributed by atoms with van der Waals surface area (Å²) in [6.07, 6.45) is 0.713. The molecular formula is C14H22N2O4S. The number of sulfonamides is 1. The molecule has 0 amide bonds. The summed E-state index contributed by atoms with van der Waals surface area (Å²) in [6, 6.07) is 6.32. The molecule has 6 nitrogen and oxygen atoms in total. The van der Waals surface area contributed by atoms with E-state index in [0.29, 0.717) is 32.0 Å². The lowest BCUT2D eigenvalue weighted by atomic mass is 10.3. The van der Waals surface area contributed by atoms with E-state index in [1.807, 2.05) is 6.92 Å². The molecule has 1 atom stereocenters. The molecule has 21 heavy (non-hydrogen) atoms. The van der Waals surface area contributed by atoms with Crippen LogP contribution in [0, 0.1) is 0 Å². The summed E-state index contributed by atoms with van der Waals surface area (Å²) in [5.41, 5.74) is 0. The van der Waals surface area contributed by atoms with Gasteiger partial charge < -0.3 is 14.8 Å². The van der Waals surface area contributed by atoms with Gasteiger partial charge in [0.05, 0.1) is 11.5 Å². The van der Waals surface area contributed by atoms with E-state index < -0.39 is 10.0 Å². The van der Waals surface area contributed by atoms with Crippen molar-refractivity contribution >= 4 is 10.0 Å². The zero-order valence-corrected chi connectivity index (χ0v) is 13.0. The van der Waals surface area contributed by atoms with Crippen molar-refractivity contribution in [3.05, 3.63) is 24.3 Å². The van der Waals surface area contributed by atoms with Crippen LogP contribution in [0.4, 0.5) is 0 Å². The van der Waals surface area contributed by atoms with Gasteiger partial charge in [0.1, 0.15) is 12.4 Å². The van der Waals surface area contributed by atoms with Gasteiger partial charge in [0.15, 0.2) is 0 Å². The normalized spacial score (nSPS) is 18.8. The van der Waals surface area contributed by atoms with Crippen LogP contribution in [-0.2, 0) is 14.8 Å². The van der Waals surface area contributed by atoms with E-state index in [1.54, 1.807) is 24.3 Å². The molecule has 1 aromatic carbocycles. The summed E-state index contributed by atoms with van der Waals surface area (Å²) < 4.78 is 37.7. The Balaban J connectivity index is 1.90. The molecule has 1 aliphatic heterocycles. The number of rotatable bonds is 8. The van der Waals surface area contributed by atoms with Crippen molar-refractivity contribution in [3.8, 4) is 5.75 Å². The second-order valence-corrected chi connectivity index (χ2v) is 6.57. The molecule has 0 radical (unpaired) electrons. The van der Waals surface area contributed by atoms with Crippen molar-refractivity contribution in [3.63, 3.8) is 0 Å². The number of ether oxygens (including phenoxy) is 2. The molecule has 1 heterocycles. The molecule has 0 saturated carbocycles. The maximum Gasteiger partial charge on any atom is 0.240 e. The summed E-state index contributed by atoms with van der Waals surface area (Å²) in [6.45, 7) is 5.28. The van der Waals surface area contributed by atoms with Crippen LogP contribution in [0.25, 0.3) is 0 Å². The minimum atomic E-state index is -3.49. The average molecular weight is 314 g/mol. The van der Waals surface area contributed by atoms with Gasteiger partial charge in [-0.2, -0.15) is 0 Å². The predicted octanol–water partition coefficient (Wildman–Crippen LogP) is 0.742. The molecule has 0 aliphatic carbocycles. The second-order valence-electron chi connectivity index (χ2n) is 4.86. The molecule has 1 unspecified atom stereocenters. The Morgan fingerprint density at radius 1 is 1.33 bits per heavy atom. The van der Waals surface area contributed by atoms with Gasteiger partial charge >= 0.3 is 0 Å². The Morgan fingerprint density at radius 2 is 2.10 bits per heavy atom. The molecule has 1 aliphatic rings. The molecule has 0 spiro atoms. The van der Waals surface area contributed by atoms with Gasteiger partial charge in [-0.3, -0.25) is 0 Å². The lowest BCUT2D eigenvalue weighted by Crippen LogP contribution is -2.34. The van der Waals surface area contributed by atoms with Crippen LogP contribution in [0.3, 0.4) is 0 Å².